The van der Waals surface area contributed by atoms with Crippen molar-refractivity contribution < 1.29 is 0 Å². The molecule has 3 rings (SSSR count). The molecule has 2 aliphatic heterocycles. The molecule has 2 saturated heterocycles. The van der Waals surface area contributed by atoms with Gasteiger partial charge in [-0.3, -0.25) is 4.90 Å². The molecular weight excluding hydrogens is 250 g/mol. The van der Waals surface area contributed by atoms with Gasteiger partial charge in [0, 0.05) is 12.6 Å². The van der Waals surface area contributed by atoms with E-state index in [-0.39, 0.29) is 0 Å². The molecule has 1 aliphatic carbocycles. The summed E-state index contributed by atoms with van der Waals surface area (Å²) in [5.74, 6) is 2.57. The van der Waals surface area contributed by atoms with Gasteiger partial charge in [-0.2, -0.15) is 0 Å². The summed E-state index contributed by atoms with van der Waals surface area (Å²) in [6.07, 6.45) is 8.28. The molecule has 0 amide bonds. The van der Waals surface area contributed by atoms with Gasteiger partial charge in [-0.25, -0.2) is 0 Å². The second kappa shape index (κ2) is 3.89. The highest BCUT2D eigenvalue weighted by Gasteiger charge is 2.39. The van der Waals surface area contributed by atoms with Gasteiger partial charge in [0.1, 0.15) is 0 Å². The van der Waals surface area contributed by atoms with Gasteiger partial charge < -0.3 is 0 Å². The van der Waals surface area contributed by atoms with Crippen LogP contribution in [0.2, 0.25) is 0 Å². The highest BCUT2D eigenvalue weighted by atomic mass is 79.9. The molecule has 2 heterocycles. The van der Waals surface area contributed by atoms with Gasteiger partial charge in [-0.1, -0.05) is 28.9 Å². The van der Waals surface area contributed by atoms with Crippen LogP contribution < -0.4 is 0 Å². The quantitative estimate of drug-likeness (QED) is 0.652. The maximum Gasteiger partial charge on any atom is 0.00988 e. The molecule has 0 spiro atoms. The molecule has 0 aromatic carbocycles. The first-order valence-corrected chi connectivity index (χ1v) is 7.14. The topological polar surface area (TPSA) is 3.24 Å². The minimum absolute atomic E-state index is 0.763. The van der Waals surface area contributed by atoms with Crippen molar-refractivity contribution in [3.05, 3.63) is 10.6 Å². The van der Waals surface area contributed by atoms with Crippen LogP contribution in [0.4, 0.5) is 0 Å². The standard InChI is InChI=1S/C13H20BrN/c1-9-5-10-6-12-3-2-4-15(12)8-11(10)7-13(9)14/h7,9-12H,2-6,8H2,1H3/t9-,10+,11+,12?/m1/s1. The predicted molar refractivity (Wildman–Crippen MR) is 67.0 cm³/mol. The van der Waals surface area contributed by atoms with Crippen molar-refractivity contribution >= 4 is 15.9 Å². The molecule has 0 aromatic rings. The molecule has 0 aromatic heterocycles. The van der Waals surface area contributed by atoms with Crippen LogP contribution in [0, 0.1) is 17.8 Å². The molecule has 0 bridgehead atoms. The normalized spacial score (nSPS) is 45.9. The first-order chi connectivity index (χ1) is 7.24. The Morgan fingerprint density at radius 2 is 2.27 bits per heavy atom. The Bertz CT molecular complexity index is 286. The first-order valence-electron chi connectivity index (χ1n) is 6.35. The molecule has 3 aliphatic rings. The molecular formula is C13H20BrN. The number of allylic oxidation sites excluding steroid dienone is 1. The number of rotatable bonds is 0. The van der Waals surface area contributed by atoms with Crippen molar-refractivity contribution in [1.82, 2.24) is 4.90 Å². The first kappa shape index (κ1) is 10.3. The summed E-state index contributed by atoms with van der Waals surface area (Å²) < 4.78 is 1.46. The fourth-order valence-electron chi connectivity index (χ4n) is 3.74. The number of piperidine rings is 1. The smallest absolute Gasteiger partial charge is 0.00988 e. The fourth-order valence-corrected chi connectivity index (χ4v) is 4.27. The molecule has 84 valence electrons. The molecule has 0 N–H and O–H groups in total. The number of halogens is 1. The Morgan fingerprint density at radius 3 is 3.13 bits per heavy atom. The Hall–Kier alpha value is 0.180. The van der Waals surface area contributed by atoms with E-state index in [9.17, 15) is 0 Å². The third kappa shape index (κ3) is 1.80. The maximum absolute atomic E-state index is 3.73. The average Bonchev–Trinajstić information content (AvgIpc) is 2.63. The molecule has 0 radical (unpaired) electrons. The van der Waals surface area contributed by atoms with Gasteiger partial charge in [0.05, 0.1) is 0 Å². The van der Waals surface area contributed by atoms with Crippen molar-refractivity contribution in [2.24, 2.45) is 17.8 Å². The number of hydrogen-bond acceptors (Lipinski definition) is 1. The Labute approximate surface area is 101 Å². The van der Waals surface area contributed by atoms with Crippen LogP contribution in [0.25, 0.3) is 0 Å². The van der Waals surface area contributed by atoms with E-state index in [0.29, 0.717) is 0 Å². The highest BCUT2D eigenvalue weighted by molar-refractivity contribution is 9.11. The van der Waals surface area contributed by atoms with E-state index in [1.807, 2.05) is 0 Å². The minimum Gasteiger partial charge on any atom is -0.300 e. The molecule has 2 fully saturated rings. The Kier molecular flexibility index (Phi) is 2.68. The number of nitrogens with zero attached hydrogens (tertiary/aromatic N) is 1. The lowest BCUT2D eigenvalue weighted by Gasteiger charge is -2.43. The van der Waals surface area contributed by atoms with Crippen LogP contribution in [0.15, 0.2) is 10.6 Å². The zero-order valence-electron chi connectivity index (χ0n) is 9.45. The van der Waals surface area contributed by atoms with Crippen LogP contribution in [-0.4, -0.2) is 24.0 Å². The lowest BCUT2D eigenvalue weighted by atomic mass is 9.73. The lowest BCUT2D eigenvalue weighted by molar-refractivity contribution is 0.0989. The summed E-state index contributed by atoms with van der Waals surface area (Å²) in [6.45, 7) is 5.05. The van der Waals surface area contributed by atoms with Crippen LogP contribution >= 0.6 is 15.9 Å². The van der Waals surface area contributed by atoms with Crippen molar-refractivity contribution in [3.63, 3.8) is 0 Å². The second-order valence-corrected chi connectivity index (χ2v) is 6.55. The number of fused-ring (bicyclic) bond motifs is 2. The summed E-state index contributed by atoms with van der Waals surface area (Å²) in [6, 6.07) is 0.934. The summed E-state index contributed by atoms with van der Waals surface area (Å²) in [5.41, 5.74) is 0. The Morgan fingerprint density at radius 1 is 1.40 bits per heavy atom. The SMILES string of the molecule is C[C@@H]1C[C@H]2CC3CCCN3C[C@@H]2C=C1Br. The molecule has 4 atom stereocenters. The lowest BCUT2D eigenvalue weighted by Crippen LogP contribution is -2.44. The third-order valence-electron chi connectivity index (χ3n) is 4.63. The minimum atomic E-state index is 0.763. The van der Waals surface area contributed by atoms with Gasteiger partial charge in [0.2, 0.25) is 0 Å². The van der Waals surface area contributed by atoms with Gasteiger partial charge in [-0.05, 0) is 54.5 Å². The van der Waals surface area contributed by atoms with Crippen LogP contribution in [-0.2, 0) is 0 Å². The van der Waals surface area contributed by atoms with Crippen molar-refractivity contribution in [3.8, 4) is 0 Å². The van der Waals surface area contributed by atoms with E-state index in [0.717, 1.165) is 23.8 Å². The highest BCUT2D eigenvalue weighted by Crippen LogP contribution is 2.43. The summed E-state index contributed by atoms with van der Waals surface area (Å²) >= 11 is 3.73. The fraction of sp³-hybridized carbons (Fsp3) is 0.846. The molecule has 0 saturated carbocycles. The van der Waals surface area contributed by atoms with Gasteiger partial charge in [0.25, 0.3) is 0 Å². The van der Waals surface area contributed by atoms with Crippen molar-refractivity contribution in [2.45, 2.75) is 38.6 Å². The second-order valence-electron chi connectivity index (χ2n) is 5.64. The molecule has 2 heteroatoms. The number of hydrogen-bond donors (Lipinski definition) is 0. The molecule has 1 unspecified atom stereocenters. The van der Waals surface area contributed by atoms with Crippen LogP contribution in [0.5, 0.6) is 0 Å². The van der Waals surface area contributed by atoms with E-state index >= 15 is 0 Å². The summed E-state index contributed by atoms with van der Waals surface area (Å²) in [5, 5.41) is 0. The van der Waals surface area contributed by atoms with E-state index in [2.05, 4.69) is 33.8 Å². The van der Waals surface area contributed by atoms with E-state index in [4.69, 9.17) is 0 Å². The average molecular weight is 270 g/mol. The van der Waals surface area contributed by atoms with Crippen molar-refractivity contribution in [2.75, 3.05) is 13.1 Å². The zero-order valence-corrected chi connectivity index (χ0v) is 11.0. The summed E-state index contributed by atoms with van der Waals surface area (Å²) in [7, 11) is 0. The zero-order chi connectivity index (χ0) is 10.4. The van der Waals surface area contributed by atoms with Crippen LogP contribution in [0.1, 0.15) is 32.6 Å². The monoisotopic (exact) mass is 269 g/mol. The Balaban J connectivity index is 1.79. The predicted octanol–water partition coefficient (Wildman–Crippen LogP) is 3.41. The summed E-state index contributed by atoms with van der Waals surface area (Å²) in [4.78, 5) is 2.73. The van der Waals surface area contributed by atoms with Gasteiger partial charge >= 0.3 is 0 Å². The van der Waals surface area contributed by atoms with E-state index in [1.165, 1.54) is 43.3 Å². The van der Waals surface area contributed by atoms with E-state index < -0.39 is 0 Å². The third-order valence-corrected chi connectivity index (χ3v) is 5.67. The van der Waals surface area contributed by atoms with Crippen LogP contribution in [0.3, 0.4) is 0 Å². The molecule has 15 heavy (non-hydrogen) atoms. The molecule has 1 nitrogen and oxygen atoms in total. The van der Waals surface area contributed by atoms with Gasteiger partial charge in [0.15, 0.2) is 0 Å². The van der Waals surface area contributed by atoms with E-state index in [1.54, 1.807) is 0 Å². The largest absolute Gasteiger partial charge is 0.300 e. The van der Waals surface area contributed by atoms with Gasteiger partial charge in [-0.15, -0.1) is 0 Å². The van der Waals surface area contributed by atoms with Crippen molar-refractivity contribution in [1.29, 1.82) is 0 Å². The maximum atomic E-state index is 3.73.